The molecule has 0 aliphatic heterocycles. The van der Waals surface area contributed by atoms with Crippen molar-refractivity contribution in [3.05, 3.63) is 35.9 Å². The molecule has 4 heteroatoms. The summed E-state index contributed by atoms with van der Waals surface area (Å²) in [6.07, 6.45) is 3.89. The molecule has 3 saturated carbocycles. The van der Waals surface area contributed by atoms with Crippen LogP contribution in [0.4, 0.5) is 0 Å². The molecule has 0 aromatic heterocycles. The van der Waals surface area contributed by atoms with E-state index in [-0.39, 0.29) is 5.16 Å². The van der Waals surface area contributed by atoms with E-state index in [2.05, 4.69) is 12.1 Å². The predicted molar refractivity (Wildman–Crippen MR) is 77.6 cm³/mol. The lowest BCUT2D eigenvalue weighted by molar-refractivity contribution is 0.250. The van der Waals surface area contributed by atoms with Gasteiger partial charge in [0.2, 0.25) is 0 Å². The first-order chi connectivity index (χ1) is 9.69. The summed E-state index contributed by atoms with van der Waals surface area (Å²) in [4.78, 5) is 0. The first kappa shape index (κ1) is 13.1. The van der Waals surface area contributed by atoms with E-state index >= 15 is 0 Å². The topological polar surface area (TPSA) is 35.5 Å². The van der Waals surface area contributed by atoms with Gasteiger partial charge in [-0.25, -0.2) is 0 Å². The van der Waals surface area contributed by atoms with E-state index in [9.17, 15) is 4.57 Å². The highest BCUT2D eigenvalue weighted by Gasteiger charge is 2.82. The van der Waals surface area contributed by atoms with Gasteiger partial charge in [0.1, 0.15) is 5.16 Å². The maximum Gasteiger partial charge on any atom is 0.341 e. The molecule has 2 bridgehead atoms. The summed E-state index contributed by atoms with van der Waals surface area (Å²) in [5, 5.41) is -0.373. The zero-order chi connectivity index (χ0) is 14.0. The third-order valence-electron chi connectivity index (χ3n) is 5.99. The van der Waals surface area contributed by atoms with Gasteiger partial charge in [-0.05, 0) is 48.5 Å². The molecule has 5 atom stereocenters. The Balaban J connectivity index is 1.87. The second kappa shape index (κ2) is 4.19. The Kier molecular flexibility index (Phi) is 2.74. The molecular weight excluding hydrogens is 271 g/mol. The van der Waals surface area contributed by atoms with E-state index in [0.717, 1.165) is 5.56 Å². The van der Waals surface area contributed by atoms with Crippen LogP contribution in [0.5, 0.6) is 0 Å². The lowest BCUT2D eigenvalue weighted by Gasteiger charge is -2.30. The Labute approximate surface area is 120 Å². The van der Waals surface area contributed by atoms with Crippen molar-refractivity contribution in [1.82, 2.24) is 0 Å². The van der Waals surface area contributed by atoms with Crippen molar-refractivity contribution in [1.29, 1.82) is 0 Å². The van der Waals surface area contributed by atoms with E-state index in [4.69, 9.17) is 9.05 Å². The van der Waals surface area contributed by atoms with Crippen molar-refractivity contribution in [3.63, 3.8) is 0 Å². The highest BCUT2D eigenvalue weighted by atomic mass is 31.2. The highest BCUT2D eigenvalue weighted by molar-refractivity contribution is 7.55. The van der Waals surface area contributed by atoms with Crippen molar-refractivity contribution in [3.8, 4) is 0 Å². The maximum absolute atomic E-state index is 13.3. The summed E-state index contributed by atoms with van der Waals surface area (Å²) >= 11 is 0. The fraction of sp³-hybridized carbons (Fsp3) is 0.625. The molecule has 0 heterocycles. The van der Waals surface area contributed by atoms with Crippen molar-refractivity contribution >= 4 is 7.60 Å². The minimum atomic E-state index is -3.11. The van der Waals surface area contributed by atoms with Gasteiger partial charge in [-0.15, -0.1) is 0 Å². The average Bonchev–Trinajstić information content (AvgIpc) is 2.84. The molecule has 4 rings (SSSR count). The Morgan fingerprint density at radius 2 is 1.60 bits per heavy atom. The third-order valence-corrected chi connectivity index (χ3v) is 8.72. The van der Waals surface area contributed by atoms with Crippen LogP contribution in [0.25, 0.3) is 0 Å². The van der Waals surface area contributed by atoms with Crippen LogP contribution in [0.15, 0.2) is 30.3 Å². The number of rotatable bonds is 4. The first-order valence-electron chi connectivity index (χ1n) is 7.46. The van der Waals surface area contributed by atoms with Gasteiger partial charge in [0, 0.05) is 14.2 Å². The second-order valence-corrected chi connectivity index (χ2v) is 8.90. The zero-order valence-corrected chi connectivity index (χ0v) is 12.9. The molecule has 0 spiro atoms. The molecule has 0 N–H and O–H groups in total. The minimum Gasteiger partial charge on any atom is -0.311 e. The van der Waals surface area contributed by atoms with Crippen molar-refractivity contribution in [2.75, 3.05) is 14.2 Å². The summed E-state index contributed by atoms with van der Waals surface area (Å²) in [6, 6.07) is 10.3. The van der Waals surface area contributed by atoms with E-state index in [0.29, 0.717) is 23.7 Å². The van der Waals surface area contributed by atoms with Gasteiger partial charge in [0.15, 0.2) is 0 Å². The van der Waals surface area contributed by atoms with E-state index in [1.165, 1.54) is 33.5 Å². The van der Waals surface area contributed by atoms with Crippen molar-refractivity contribution in [2.45, 2.75) is 24.4 Å². The van der Waals surface area contributed by atoms with Gasteiger partial charge in [0.05, 0.1) is 0 Å². The van der Waals surface area contributed by atoms with Crippen LogP contribution in [-0.2, 0) is 18.8 Å². The number of hydrogen-bond donors (Lipinski definition) is 0. The zero-order valence-electron chi connectivity index (χ0n) is 12.0. The SMILES string of the molecule is COP(=O)(OC)C1(c2ccccc2)[C@@H]2[C@@H]3CC[C@H](C3)[C@@H]21. The smallest absolute Gasteiger partial charge is 0.311 e. The van der Waals surface area contributed by atoms with Gasteiger partial charge in [-0.2, -0.15) is 0 Å². The molecule has 3 nitrogen and oxygen atoms in total. The summed E-state index contributed by atoms with van der Waals surface area (Å²) in [7, 11) is -0.0418. The van der Waals surface area contributed by atoms with Crippen LogP contribution in [0.1, 0.15) is 24.8 Å². The molecular formula is C16H21O3P. The molecule has 3 aliphatic carbocycles. The molecule has 0 saturated heterocycles. The summed E-state index contributed by atoms with van der Waals surface area (Å²) < 4.78 is 24.2. The predicted octanol–water partition coefficient (Wildman–Crippen LogP) is 4.04. The Morgan fingerprint density at radius 3 is 2.10 bits per heavy atom. The van der Waals surface area contributed by atoms with Crippen LogP contribution < -0.4 is 0 Å². The van der Waals surface area contributed by atoms with Crippen LogP contribution in [-0.4, -0.2) is 14.2 Å². The van der Waals surface area contributed by atoms with Crippen molar-refractivity contribution in [2.24, 2.45) is 23.7 Å². The monoisotopic (exact) mass is 292 g/mol. The number of benzene rings is 1. The fourth-order valence-electron chi connectivity index (χ4n) is 5.43. The number of hydrogen-bond acceptors (Lipinski definition) is 3. The van der Waals surface area contributed by atoms with Gasteiger partial charge in [0.25, 0.3) is 0 Å². The van der Waals surface area contributed by atoms with Crippen LogP contribution in [0.3, 0.4) is 0 Å². The minimum absolute atomic E-state index is 0.373. The molecule has 108 valence electrons. The highest BCUT2D eigenvalue weighted by Crippen LogP contribution is 2.89. The Morgan fingerprint density at radius 1 is 1.05 bits per heavy atom. The van der Waals surface area contributed by atoms with Crippen molar-refractivity contribution < 1.29 is 13.6 Å². The summed E-state index contributed by atoms with van der Waals surface area (Å²) in [5.74, 6) is 2.41. The van der Waals surface area contributed by atoms with Gasteiger partial charge >= 0.3 is 7.60 Å². The quantitative estimate of drug-likeness (QED) is 0.786. The van der Waals surface area contributed by atoms with Crippen LogP contribution in [0, 0.1) is 23.7 Å². The molecule has 3 aliphatic rings. The van der Waals surface area contributed by atoms with E-state index < -0.39 is 7.60 Å². The van der Waals surface area contributed by atoms with Gasteiger partial charge in [-0.3, -0.25) is 4.57 Å². The fourth-order valence-corrected chi connectivity index (χ4v) is 8.05. The Hall–Kier alpha value is -0.630. The normalized spacial score (nSPS) is 41.7. The van der Waals surface area contributed by atoms with Gasteiger partial charge in [-0.1, -0.05) is 30.3 Å². The summed E-state index contributed by atoms with van der Waals surface area (Å²) in [5.41, 5.74) is 1.15. The summed E-state index contributed by atoms with van der Waals surface area (Å²) in [6.45, 7) is 0. The maximum atomic E-state index is 13.3. The first-order valence-corrected chi connectivity index (χ1v) is 9.00. The van der Waals surface area contributed by atoms with Crippen LogP contribution >= 0.6 is 7.60 Å². The molecule has 1 aromatic rings. The molecule has 1 aromatic carbocycles. The molecule has 3 fully saturated rings. The number of fused-ring (bicyclic) bond motifs is 5. The Bertz CT molecular complexity index is 546. The van der Waals surface area contributed by atoms with Crippen LogP contribution in [0.2, 0.25) is 0 Å². The largest absolute Gasteiger partial charge is 0.341 e. The lowest BCUT2D eigenvalue weighted by Crippen LogP contribution is -2.20. The molecule has 0 radical (unpaired) electrons. The van der Waals surface area contributed by atoms with Gasteiger partial charge < -0.3 is 9.05 Å². The molecule has 1 unspecified atom stereocenters. The molecule has 0 amide bonds. The second-order valence-electron chi connectivity index (χ2n) is 6.44. The van der Waals surface area contributed by atoms with E-state index in [1.807, 2.05) is 18.2 Å². The third kappa shape index (κ3) is 1.32. The van der Waals surface area contributed by atoms with E-state index in [1.54, 1.807) is 0 Å². The average molecular weight is 292 g/mol. The standard InChI is InChI=1S/C16H21O3P/c1-18-20(17,19-2)16(13-6-4-3-5-7-13)14-11-8-9-12(10-11)15(14)16/h3-7,11-12,14-15H,8-10H2,1-2H3/t11-,12-,14-,15+,16?/m1/s1. The molecule has 20 heavy (non-hydrogen) atoms. The lowest BCUT2D eigenvalue weighted by atomic mass is 9.96.